The fraction of sp³-hybridized carbons (Fsp3) is 0.346. The smallest absolute Gasteiger partial charge is 0.240 e. The van der Waals surface area contributed by atoms with Gasteiger partial charge in [0.25, 0.3) is 0 Å². The third-order valence-corrected chi connectivity index (χ3v) is 8.34. The molecule has 1 aromatic heterocycles. The van der Waals surface area contributed by atoms with Crippen molar-refractivity contribution in [2.24, 2.45) is 5.92 Å². The van der Waals surface area contributed by atoms with Crippen LogP contribution in [0.15, 0.2) is 59.6 Å². The van der Waals surface area contributed by atoms with Gasteiger partial charge in [-0.1, -0.05) is 25.1 Å². The first-order chi connectivity index (χ1) is 17.3. The second kappa shape index (κ2) is 9.96. The third-order valence-electron chi connectivity index (χ3n) is 6.90. The first-order valence-electron chi connectivity index (χ1n) is 12.1. The van der Waals surface area contributed by atoms with Gasteiger partial charge in [-0.15, -0.1) is 0 Å². The zero-order valence-electron chi connectivity index (χ0n) is 20.4. The van der Waals surface area contributed by atoms with E-state index in [4.69, 9.17) is 4.98 Å². The summed E-state index contributed by atoms with van der Waals surface area (Å²) in [6, 6.07) is 14.2. The van der Waals surface area contributed by atoms with Crippen LogP contribution in [0.5, 0.6) is 0 Å². The number of nitrogens with one attached hydrogen (secondary N) is 2. The quantitative estimate of drug-likeness (QED) is 0.507. The third kappa shape index (κ3) is 4.97. The van der Waals surface area contributed by atoms with E-state index < -0.39 is 10.0 Å². The number of para-hydroxylation sites is 1. The van der Waals surface area contributed by atoms with Crippen LogP contribution in [0, 0.1) is 5.92 Å². The number of hydrogen-bond acceptors (Lipinski definition) is 7. The summed E-state index contributed by atoms with van der Waals surface area (Å²) >= 11 is 0. The van der Waals surface area contributed by atoms with Gasteiger partial charge in [0, 0.05) is 43.1 Å². The molecule has 2 N–H and O–H groups in total. The summed E-state index contributed by atoms with van der Waals surface area (Å²) in [5.41, 5.74) is 3.80. The Kier molecular flexibility index (Phi) is 6.74. The number of likely N-dealkylation sites (tertiary alicyclic amines) is 1. The summed E-state index contributed by atoms with van der Waals surface area (Å²) in [7, 11) is -1.82. The number of sulfonamides is 1. The fourth-order valence-corrected chi connectivity index (χ4v) is 5.85. The van der Waals surface area contributed by atoms with Crippen molar-refractivity contribution < 1.29 is 13.2 Å². The van der Waals surface area contributed by atoms with E-state index in [1.54, 1.807) is 42.4 Å². The Labute approximate surface area is 211 Å². The molecule has 2 aromatic carbocycles. The van der Waals surface area contributed by atoms with E-state index in [1.807, 2.05) is 24.3 Å². The number of carbonyl (C=O) groups excluding carboxylic acids is 1. The number of benzene rings is 2. The van der Waals surface area contributed by atoms with Crippen LogP contribution in [0.3, 0.4) is 0 Å². The van der Waals surface area contributed by atoms with Gasteiger partial charge in [0.05, 0.1) is 22.7 Å². The number of likely N-dealkylation sites (N-methyl/N-ethyl adjacent to an activating group) is 1. The minimum absolute atomic E-state index is 0.0217. The summed E-state index contributed by atoms with van der Waals surface area (Å²) in [5.74, 6) is 0.689. The second-order valence-electron chi connectivity index (χ2n) is 9.26. The number of nitrogens with zero attached hydrogens (tertiary/aromatic N) is 4. The Bertz CT molecular complexity index is 1380. The molecular weight excluding hydrogens is 476 g/mol. The number of amides is 1. The molecule has 3 heterocycles. The van der Waals surface area contributed by atoms with Crippen molar-refractivity contribution in [3.63, 3.8) is 0 Å². The maximum Gasteiger partial charge on any atom is 0.240 e. The summed E-state index contributed by atoms with van der Waals surface area (Å²) in [4.78, 5) is 25.9. The molecule has 1 fully saturated rings. The molecule has 0 bridgehead atoms. The van der Waals surface area contributed by atoms with Crippen molar-refractivity contribution in [3.8, 4) is 11.3 Å². The summed E-state index contributed by atoms with van der Waals surface area (Å²) in [6.07, 6.45) is 2.90. The van der Waals surface area contributed by atoms with Crippen molar-refractivity contribution in [2.45, 2.75) is 24.7 Å². The van der Waals surface area contributed by atoms with E-state index in [0.717, 1.165) is 42.9 Å². The molecule has 3 aromatic rings. The van der Waals surface area contributed by atoms with Crippen LogP contribution < -0.4 is 14.9 Å². The molecule has 188 valence electrons. The number of fused-ring (bicyclic) bond motifs is 3. The molecule has 1 atom stereocenters. The predicted octanol–water partition coefficient (Wildman–Crippen LogP) is 3.03. The number of carbonyl (C=O) groups is 1. The van der Waals surface area contributed by atoms with Crippen LogP contribution in [-0.2, 0) is 21.2 Å². The van der Waals surface area contributed by atoms with Gasteiger partial charge in [0.15, 0.2) is 0 Å². The van der Waals surface area contributed by atoms with Crippen molar-refractivity contribution in [2.75, 3.05) is 43.4 Å². The Hall–Kier alpha value is -3.34. The van der Waals surface area contributed by atoms with Crippen LogP contribution in [0.25, 0.3) is 11.3 Å². The summed E-state index contributed by atoms with van der Waals surface area (Å²) in [5, 5.41) is 3.15. The Morgan fingerprint density at radius 3 is 2.64 bits per heavy atom. The molecule has 10 heteroatoms. The Morgan fingerprint density at radius 2 is 1.89 bits per heavy atom. The van der Waals surface area contributed by atoms with Crippen molar-refractivity contribution >= 4 is 33.3 Å². The Morgan fingerprint density at radius 1 is 1.11 bits per heavy atom. The van der Waals surface area contributed by atoms with Gasteiger partial charge in [0.1, 0.15) is 0 Å². The molecule has 1 unspecified atom stereocenters. The maximum absolute atomic E-state index is 12.8. The number of aromatic nitrogens is 2. The lowest BCUT2D eigenvalue weighted by Crippen LogP contribution is -2.31. The number of hydrogen-bond donors (Lipinski definition) is 2. The van der Waals surface area contributed by atoms with Crippen LogP contribution in [-0.4, -0.2) is 62.4 Å². The van der Waals surface area contributed by atoms with E-state index in [9.17, 15) is 13.2 Å². The molecule has 1 amide bonds. The molecule has 9 nitrogen and oxygen atoms in total. The van der Waals surface area contributed by atoms with Crippen LogP contribution >= 0.6 is 0 Å². The maximum atomic E-state index is 12.8. The molecule has 0 saturated carbocycles. The van der Waals surface area contributed by atoms with Gasteiger partial charge in [-0.2, -0.15) is 0 Å². The van der Waals surface area contributed by atoms with Crippen molar-refractivity contribution in [1.82, 2.24) is 19.6 Å². The SMILES string of the molecule is CCN1CCC(CNS(=O)(=O)c2ccc(Nc3ncc4c(n3)-c3ccccc3N(C)C(=O)C4)cc2)C1. The molecule has 0 spiro atoms. The molecule has 1 saturated heterocycles. The van der Waals surface area contributed by atoms with Gasteiger partial charge >= 0.3 is 0 Å². The topological polar surface area (TPSA) is 108 Å². The molecule has 0 radical (unpaired) electrons. The minimum Gasteiger partial charge on any atom is -0.324 e. The molecule has 2 aliphatic rings. The standard InChI is InChI=1S/C26H30N6O3S/c1-3-32-13-12-18(17-32)15-28-36(34,35)21-10-8-20(9-11-21)29-26-27-16-19-14-24(33)31(2)23-7-5-4-6-22(23)25(19)30-26/h4-11,16,18,28H,3,12-15,17H2,1-2H3,(H,27,29,30). The normalized spacial score (nSPS) is 18.0. The molecule has 5 rings (SSSR count). The number of rotatable bonds is 7. The van der Waals surface area contributed by atoms with E-state index in [-0.39, 0.29) is 17.2 Å². The van der Waals surface area contributed by atoms with Crippen LogP contribution in [0.1, 0.15) is 18.9 Å². The average Bonchev–Trinajstić information content (AvgIpc) is 3.33. The molecule has 36 heavy (non-hydrogen) atoms. The molecule has 0 aliphatic carbocycles. The first kappa shape index (κ1) is 24.4. The Balaban J connectivity index is 1.31. The number of anilines is 3. The summed E-state index contributed by atoms with van der Waals surface area (Å²) < 4.78 is 28.3. The van der Waals surface area contributed by atoms with Gasteiger partial charge in [0.2, 0.25) is 21.9 Å². The minimum atomic E-state index is -3.59. The lowest BCUT2D eigenvalue weighted by atomic mass is 10.1. The van der Waals surface area contributed by atoms with E-state index in [0.29, 0.717) is 29.8 Å². The molecular formula is C26H30N6O3S. The highest BCUT2D eigenvalue weighted by molar-refractivity contribution is 7.89. The monoisotopic (exact) mass is 506 g/mol. The zero-order valence-corrected chi connectivity index (χ0v) is 21.3. The van der Waals surface area contributed by atoms with Crippen LogP contribution in [0.2, 0.25) is 0 Å². The lowest BCUT2D eigenvalue weighted by molar-refractivity contribution is -0.117. The predicted molar refractivity (Wildman–Crippen MR) is 140 cm³/mol. The fourth-order valence-electron chi connectivity index (χ4n) is 4.74. The van der Waals surface area contributed by atoms with Gasteiger partial charge < -0.3 is 15.1 Å². The largest absolute Gasteiger partial charge is 0.324 e. The zero-order chi connectivity index (χ0) is 25.3. The van der Waals surface area contributed by atoms with Gasteiger partial charge in [-0.25, -0.2) is 23.1 Å². The van der Waals surface area contributed by atoms with E-state index in [2.05, 4.69) is 26.8 Å². The highest BCUT2D eigenvalue weighted by Crippen LogP contribution is 2.35. The average molecular weight is 507 g/mol. The first-order valence-corrected chi connectivity index (χ1v) is 13.6. The van der Waals surface area contributed by atoms with E-state index >= 15 is 0 Å². The highest BCUT2D eigenvalue weighted by atomic mass is 32.2. The van der Waals surface area contributed by atoms with Gasteiger partial charge in [-0.05, 0) is 55.8 Å². The van der Waals surface area contributed by atoms with E-state index in [1.165, 1.54) is 0 Å². The molecule has 2 aliphatic heterocycles. The lowest BCUT2D eigenvalue weighted by Gasteiger charge is -2.16. The highest BCUT2D eigenvalue weighted by Gasteiger charge is 2.25. The summed E-state index contributed by atoms with van der Waals surface area (Å²) in [6.45, 7) is 5.51. The van der Waals surface area contributed by atoms with Crippen LogP contribution in [0.4, 0.5) is 17.3 Å². The van der Waals surface area contributed by atoms with Gasteiger partial charge in [-0.3, -0.25) is 4.79 Å². The van der Waals surface area contributed by atoms with Crippen molar-refractivity contribution in [1.29, 1.82) is 0 Å². The second-order valence-corrected chi connectivity index (χ2v) is 11.0. The van der Waals surface area contributed by atoms with Crippen molar-refractivity contribution in [3.05, 3.63) is 60.3 Å².